The second-order valence-corrected chi connectivity index (χ2v) is 6.97. The number of anilines is 1. The van der Waals surface area contributed by atoms with Crippen LogP contribution in [-0.2, 0) is 4.79 Å². The molecular formula is C19H24N4O4. The monoisotopic (exact) mass is 372 g/mol. The SMILES string of the molecule is CC(C)Oc1cc2c(N3CC(CO)C(NC=O)C3)nccc2cc1C(N)=O. The number of aliphatic hydroxyl groups is 1. The molecule has 2 unspecified atom stereocenters. The maximum Gasteiger partial charge on any atom is 0.252 e. The van der Waals surface area contributed by atoms with Crippen LogP contribution in [0.15, 0.2) is 24.4 Å². The van der Waals surface area contributed by atoms with Crippen LogP contribution in [0.3, 0.4) is 0 Å². The Hall–Kier alpha value is -2.87. The average molecular weight is 372 g/mol. The molecule has 2 amide bonds. The lowest BCUT2D eigenvalue weighted by molar-refractivity contribution is -0.110. The summed E-state index contributed by atoms with van der Waals surface area (Å²) in [6.45, 7) is 4.82. The molecule has 1 aliphatic rings. The minimum absolute atomic E-state index is 0.0275. The molecule has 8 nitrogen and oxygen atoms in total. The van der Waals surface area contributed by atoms with Crippen molar-refractivity contribution >= 4 is 28.9 Å². The lowest BCUT2D eigenvalue weighted by atomic mass is 10.1. The van der Waals surface area contributed by atoms with Gasteiger partial charge in [0.1, 0.15) is 11.6 Å². The summed E-state index contributed by atoms with van der Waals surface area (Å²) >= 11 is 0. The van der Waals surface area contributed by atoms with Gasteiger partial charge in [0, 0.05) is 37.2 Å². The highest BCUT2D eigenvalue weighted by atomic mass is 16.5. The van der Waals surface area contributed by atoms with Crippen molar-refractivity contribution in [1.82, 2.24) is 10.3 Å². The fourth-order valence-electron chi connectivity index (χ4n) is 3.49. The number of pyridine rings is 1. The molecule has 1 aromatic carbocycles. The summed E-state index contributed by atoms with van der Waals surface area (Å²) in [5, 5.41) is 14.0. The Morgan fingerprint density at radius 1 is 1.48 bits per heavy atom. The first kappa shape index (κ1) is 18.9. The molecule has 2 heterocycles. The van der Waals surface area contributed by atoms with Crippen LogP contribution in [0.2, 0.25) is 0 Å². The molecule has 1 fully saturated rings. The Kier molecular flexibility index (Phi) is 5.46. The summed E-state index contributed by atoms with van der Waals surface area (Å²) in [5.74, 6) is 0.497. The van der Waals surface area contributed by atoms with Gasteiger partial charge in [-0.2, -0.15) is 0 Å². The zero-order chi connectivity index (χ0) is 19.6. The first-order valence-electron chi connectivity index (χ1n) is 8.89. The van der Waals surface area contributed by atoms with Crippen LogP contribution in [0.1, 0.15) is 24.2 Å². The normalized spacial score (nSPS) is 19.5. The fraction of sp³-hybridized carbons (Fsp3) is 0.421. The van der Waals surface area contributed by atoms with E-state index in [4.69, 9.17) is 10.5 Å². The van der Waals surface area contributed by atoms with Crippen molar-refractivity contribution in [3.63, 3.8) is 0 Å². The van der Waals surface area contributed by atoms with E-state index in [2.05, 4.69) is 10.3 Å². The van der Waals surface area contributed by atoms with E-state index < -0.39 is 5.91 Å². The molecule has 0 aliphatic carbocycles. The summed E-state index contributed by atoms with van der Waals surface area (Å²) < 4.78 is 5.79. The molecule has 0 saturated carbocycles. The number of aliphatic hydroxyl groups excluding tert-OH is 1. The van der Waals surface area contributed by atoms with Gasteiger partial charge >= 0.3 is 0 Å². The predicted octanol–water partition coefficient (Wildman–Crippen LogP) is 0.664. The van der Waals surface area contributed by atoms with E-state index in [0.29, 0.717) is 36.6 Å². The minimum atomic E-state index is -0.553. The Morgan fingerprint density at radius 2 is 2.26 bits per heavy atom. The van der Waals surface area contributed by atoms with Crippen LogP contribution in [0.4, 0.5) is 5.82 Å². The van der Waals surface area contributed by atoms with Gasteiger partial charge in [-0.1, -0.05) is 0 Å². The number of nitrogens with zero attached hydrogens (tertiary/aromatic N) is 2. The van der Waals surface area contributed by atoms with Crippen LogP contribution < -0.4 is 20.7 Å². The topological polar surface area (TPSA) is 118 Å². The molecule has 3 rings (SSSR count). The molecular weight excluding hydrogens is 348 g/mol. The van der Waals surface area contributed by atoms with Crippen molar-refractivity contribution < 1.29 is 19.4 Å². The van der Waals surface area contributed by atoms with Crippen LogP contribution in [0, 0.1) is 5.92 Å². The second-order valence-electron chi connectivity index (χ2n) is 6.97. The van der Waals surface area contributed by atoms with Crippen LogP contribution in [0.5, 0.6) is 5.75 Å². The van der Waals surface area contributed by atoms with Crippen molar-refractivity contribution in [2.45, 2.75) is 26.0 Å². The van der Waals surface area contributed by atoms with Gasteiger partial charge in [0.2, 0.25) is 6.41 Å². The van der Waals surface area contributed by atoms with Gasteiger partial charge in [-0.25, -0.2) is 4.98 Å². The molecule has 0 spiro atoms. The predicted molar refractivity (Wildman–Crippen MR) is 102 cm³/mol. The van der Waals surface area contributed by atoms with Crippen molar-refractivity contribution in [2.75, 3.05) is 24.6 Å². The highest BCUT2D eigenvalue weighted by Crippen LogP contribution is 2.34. The lowest BCUT2D eigenvalue weighted by Crippen LogP contribution is -2.36. The van der Waals surface area contributed by atoms with Gasteiger partial charge < -0.3 is 25.8 Å². The average Bonchev–Trinajstić information content (AvgIpc) is 3.03. The number of aromatic nitrogens is 1. The molecule has 2 atom stereocenters. The maximum absolute atomic E-state index is 11.8. The van der Waals surface area contributed by atoms with Crippen molar-refractivity contribution in [1.29, 1.82) is 0 Å². The number of nitrogens with one attached hydrogen (secondary N) is 1. The molecule has 2 aromatic rings. The fourth-order valence-corrected chi connectivity index (χ4v) is 3.49. The molecule has 144 valence electrons. The number of amides is 2. The molecule has 0 radical (unpaired) electrons. The Morgan fingerprint density at radius 3 is 2.89 bits per heavy atom. The number of benzene rings is 1. The quantitative estimate of drug-likeness (QED) is 0.615. The van der Waals surface area contributed by atoms with Gasteiger partial charge in [-0.05, 0) is 37.4 Å². The Labute approximate surface area is 157 Å². The Bertz CT molecular complexity index is 855. The van der Waals surface area contributed by atoms with E-state index >= 15 is 0 Å². The number of hydrogen-bond donors (Lipinski definition) is 3. The van der Waals surface area contributed by atoms with Gasteiger partial charge in [0.25, 0.3) is 5.91 Å². The van der Waals surface area contributed by atoms with E-state index in [0.717, 1.165) is 10.8 Å². The Balaban J connectivity index is 2.06. The number of fused-ring (bicyclic) bond motifs is 1. The number of hydrogen-bond acceptors (Lipinski definition) is 6. The van der Waals surface area contributed by atoms with Gasteiger partial charge in [0.15, 0.2) is 0 Å². The van der Waals surface area contributed by atoms with E-state index in [1.807, 2.05) is 24.8 Å². The van der Waals surface area contributed by atoms with Crippen LogP contribution in [-0.4, -0.2) is 54.2 Å². The van der Waals surface area contributed by atoms with Crippen molar-refractivity contribution in [2.24, 2.45) is 11.7 Å². The lowest BCUT2D eigenvalue weighted by Gasteiger charge is -2.21. The van der Waals surface area contributed by atoms with Crippen LogP contribution >= 0.6 is 0 Å². The van der Waals surface area contributed by atoms with Crippen molar-refractivity contribution in [3.8, 4) is 5.75 Å². The van der Waals surface area contributed by atoms with Gasteiger partial charge in [0.05, 0.1) is 17.7 Å². The number of rotatable bonds is 7. The van der Waals surface area contributed by atoms with E-state index in [9.17, 15) is 14.7 Å². The molecule has 1 aliphatic heterocycles. The van der Waals surface area contributed by atoms with Crippen molar-refractivity contribution in [3.05, 3.63) is 30.0 Å². The molecule has 0 bridgehead atoms. The van der Waals surface area contributed by atoms with E-state index in [-0.39, 0.29) is 24.7 Å². The molecule has 1 aromatic heterocycles. The maximum atomic E-state index is 11.8. The largest absolute Gasteiger partial charge is 0.490 e. The summed E-state index contributed by atoms with van der Waals surface area (Å²) in [4.78, 5) is 29.2. The number of primary amides is 1. The first-order chi connectivity index (χ1) is 12.9. The van der Waals surface area contributed by atoms with Crippen LogP contribution in [0.25, 0.3) is 10.8 Å². The third kappa shape index (κ3) is 3.80. The highest BCUT2D eigenvalue weighted by Gasteiger charge is 2.33. The third-order valence-corrected chi connectivity index (χ3v) is 4.73. The molecule has 4 N–H and O–H groups in total. The summed E-state index contributed by atoms with van der Waals surface area (Å²) in [6.07, 6.45) is 2.20. The summed E-state index contributed by atoms with van der Waals surface area (Å²) in [7, 11) is 0. The number of nitrogens with two attached hydrogens (primary N) is 1. The smallest absolute Gasteiger partial charge is 0.252 e. The number of carbonyl (C=O) groups excluding carboxylic acids is 2. The molecule has 27 heavy (non-hydrogen) atoms. The second kappa shape index (κ2) is 7.79. The van der Waals surface area contributed by atoms with E-state index in [1.54, 1.807) is 18.3 Å². The van der Waals surface area contributed by atoms with Gasteiger partial charge in [-0.15, -0.1) is 0 Å². The number of ether oxygens (including phenoxy) is 1. The minimum Gasteiger partial charge on any atom is -0.490 e. The molecule has 1 saturated heterocycles. The third-order valence-electron chi connectivity index (χ3n) is 4.73. The summed E-state index contributed by atoms with van der Waals surface area (Å²) in [6, 6.07) is 5.15. The molecule has 8 heteroatoms. The standard InChI is InChI=1S/C19H24N4O4/c1-11(2)27-17-6-14-12(5-15(17)18(20)26)3-4-21-19(14)23-7-13(9-24)16(8-23)22-10-25/h3-6,10-11,13,16,24H,7-9H2,1-2H3,(H2,20,26)(H,22,25). The van der Waals surface area contributed by atoms with E-state index in [1.165, 1.54) is 0 Å². The zero-order valence-electron chi connectivity index (χ0n) is 15.4. The number of carbonyl (C=O) groups is 2. The zero-order valence-corrected chi connectivity index (χ0v) is 15.4. The van der Waals surface area contributed by atoms with Gasteiger partial charge in [-0.3, -0.25) is 9.59 Å². The summed E-state index contributed by atoms with van der Waals surface area (Å²) in [5.41, 5.74) is 5.84. The highest BCUT2D eigenvalue weighted by molar-refractivity contribution is 6.03. The first-order valence-corrected chi connectivity index (χ1v) is 8.89.